The van der Waals surface area contributed by atoms with Crippen LogP contribution in [-0.4, -0.2) is 37.3 Å². The molecule has 7 heteroatoms. The van der Waals surface area contributed by atoms with Crippen molar-refractivity contribution in [1.29, 1.82) is 0 Å². The zero-order valence-electron chi connectivity index (χ0n) is 11.0. The van der Waals surface area contributed by atoms with Crippen LogP contribution in [-0.2, 0) is 18.3 Å². The molecule has 0 fully saturated rings. The molecule has 0 N–H and O–H groups in total. The number of rotatable bonds is 4. The second-order valence-corrected chi connectivity index (χ2v) is 4.84. The molecule has 0 amide bonds. The maximum absolute atomic E-state index is 12.1. The Balaban J connectivity index is 2.30. The van der Waals surface area contributed by atoms with Crippen LogP contribution < -0.4 is 5.56 Å². The van der Waals surface area contributed by atoms with Gasteiger partial charge in [0.25, 0.3) is 5.56 Å². The van der Waals surface area contributed by atoms with Crippen molar-refractivity contribution in [2.24, 2.45) is 7.05 Å². The van der Waals surface area contributed by atoms with Crippen molar-refractivity contribution in [3.05, 3.63) is 16.7 Å². The third kappa shape index (κ3) is 2.26. The molecule has 0 atom stereocenters. The molecule has 2 rings (SSSR count). The molecule has 18 heavy (non-hydrogen) atoms. The Hall–Kier alpha value is -1.76. The first-order valence-corrected chi connectivity index (χ1v) is 5.74. The molecule has 98 valence electrons. The summed E-state index contributed by atoms with van der Waals surface area (Å²) in [5.41, 5.74) is 0.369. The zero-order chi connectivity index (χ0) is 13.3. The number of ether oxygens (including phenoxy) is 1. The number of methoxy groups -OCH3 is 1. The molecule has 0 saturated carbocycles. The molecule has 0 unspecified atom stereocenters. The summed E-state index contributed by atoms with van der Waals surface area (Å²) in [5.74, 6) is 0. The first-order chi connectivity index (χ1) is 8.44. The van der Waals surface area contributed by atoms with E-state index in [1.54, 1.807) is 14.2 Å². The summed E-state index contributed by atoms with van der Waals surface area (Å²) in [7, 11) is 3.37. The predicted octanol–water partition coefficient (Wildman–Crippen LogP) is 0.340. The molecule has 2 heterocycles. The van der Waals surface area contributed by atoms with Gasteiger partial charge in [-0.15, -0.1) is 5.10 Å². The number of hydrogen-bond acceptors (Lipinski definition) is 5. The van der Waals surface area contributed by atoms with Crippen LogP contribution >= 0.6 is 0 Å². The number of nitrogens with zero attached hydrogens (tertiary/aromatic N) is 5. The number of aryl methyl sites for hydroxylation is 2. The monoisotopic (exact) mass is 251 g/mol. The van der Waals surface area contributed by atoms with Gasteiger partial charge in [0.1, 0.15) is 6.33 Å². The van der Waals surface area contributed by atoms with E-state index in [4.69, 9.17) is 4.74 Å². The molecule has 0 aliphatic heterocycles. The minimum atomic E-state index is -0.267. The van der Waals surface area contributed by atoms with Crippen LogP contribution in [0.15, 0.2) is 11.1 Å². The first kappa shape index (κ1) is 12.7. The summed E-state index contributed by atoms with van der Waals surface area (Å²) in [5, 5.41) is 7.62. The van der Waals surface area contributed by atoms with E-state index in [-0.39, 0.29) is 11.2 Å². The fraction of sp³-hybridized carbons (Fsp3) is 0.636. The van der Waals surface area contributed by atoms with Gasteiger partial charge in [0.05, 0.1) is 5.60 Å². The van der Waals surface area contributed by atoms with Gasteiger partial charge in [-0.25, -0.2) is 9.67 Å². The van der Waals surface area contributed by atoms with Crippen LogP contribution in [0.2, 0.25) is 0 Å². The van der Waals surface area contributed by atoms with Gasteiger partial charge in [0, 0.05) is 20.7 Å². The van der Waals surface area contributed by atoms with Gasteiger partial charge in [-0.2, -0.15) is 0 Å². The van der Waals surface area contributed by atoms with Crippen LogP contribution in [0.25, 0.3) is 11.2 Å². The van der Waals surface area contributed by atoms with Gasteiger partial charge in [0.2, 0.25) is 0 Å². The highest BCUT2D eigenvalue weighted by Crippen LogP contribution is 2.13. The van der Waals surface area contributed by atoms with E-state index in [1.807, 2.05) is 13.8 Å². The lowest BCUT2D eigenvalue weighted by Crippen LogP contribution is -2.28. The minimum Gasteiger partial charge on any atom is -0.379 e. The summed E-state index contributed by atoms with van der Waals surface area (Å²) in [4.78, 5) is 16.3. The molecule has 0 aliphatic rings. The SMILES string of the molecule is COC(C)(C)CCn1cnc2c(nnn2C)c1=O. The fourth-order valence-electron chi connectivity index (χ4n) is 1.60. The lowest BCUT2D eigenvalue weighted by atomic mass is 10.1. The van der Waals surface area contributed by atoms with Crippen molar-refractivity contribution in [1.82, 2.24) is 24.5 Å². The van der Waals surface area contributed by atoms with E-state index in [1.165, 1.54) is 15.6 Å². The van der Waals surface area contributed by atoms with Crippen molar-refractivity contribution >= 4 is 11.2 Å². The van der Waals surface area contributed by atoms with E-state index in [0.717, 1.165) is 6.42 Å². The Labute approximate surface area is 104 Å². The molecule has 7 nitrogen and oxygen atoms in total. The molecule has 0 spiro atoms. The second kappa shape index (κ2) is 4.49. The highest BCUT2D eigenvalue weighted by molar-refractivity contribution is 5.67. The van der Waals surface area contributed by atoms with E-state index < -0.39 is 0 Å². The maximum Gasteiger partial charge on any atom is 0.283 e. The average Bonchev–Trinajstić information content (AvgIpc) is 2.71. The van der Waals surface area contributed by atoms with Crippen LogP contribution in [0.1, 0.15) is 20.3 Å². The van der Waals surface area contributed by atoms with Crippen molar-refractivity contribution in [3.8, 4) is 0 Å². The van der Waals surface area contributed by atoms with Gasteiger partial charge >= 0.3 is 0 Å². The van der Waals surface area contributed by atoms with Gasteiger partial charge < -0.3 is 4.74 Å². The smallest absolute Gasteiger partial charge is 0.283 e. The Morgan fingerprint density at radius 2 is 2.17 bits per heavy atom. The average molecular weight is 251 g/mol. The maximum atomic E-state index is 12.1. The highest BCUT2D eigenvalue weighted by Gasteiger charge is 2.17. The molecule has 2 aromatic heterocycles. The van der Waals surface area contributed by atoms with E-state index in [2.05, 4.69) is 15.3 Å². The summed E-state index contributed by atoms with van der Waals surface area (Å²) in [6.45, 7) is 4.50. The molecule has 0 aromatic carbocycles. The lowest BCUT2D eigenvalue weighted by Gasteiger charge is -2.22. The van der Waals surface area contributed by atoms with Crippen LogP contribution in [0, 0.1) is 0 Å². The first-order valence-electron chi connectivity index (χ1n) is 5.74. The Bertz CT molecular complexity index is 613. The summed E-state index contributed by atoms with van der Waals surface area (Å²) in [6, 6.07) is 0. The summed E-state index contributed by atoms with van der Waals surface area (Å²) >= 11 is 0. The molecule has 0 bridgehead atoms. The normalized spacial score (nSPS) is 12.2. The van der Waals surface area contributed by atoms with Crippen molar-refractivity contribution in [2.45, 2.75) is 32.4 Å². The zero-order valence-corrected chi connectivity index (χ0v) is 11.0. The van der Waals surface area contributed by atoms with Crippen molar-refractivity contribution in [2.75, 3.05) is 7.11 Å². The lowest BCUT2D eigenvalue weighted by molar-refractivity contribution is 0.0118. The number of aromatic nitrogens is 5. The number of hydrogen-bond donors (Lipinski definition) is 0. The molecule has 0 radical (unpaired) electrons. The predicted molar refractivity (Wildman–Crippen MR) is 66.3 cm³/mol. The van der Waals surface area contributed by atoms with Crippen LogP contribution in [0.3, 0.4) is 0 Å². The van der Waals surface area contributed by atoms with Gasteiger partial charge in [-0.1, -0.05) is 5.21 Å². The van der Waals surface area contributed by atoms with Crippen molar-refractivity contribution < 1.29 is 4.74 Å². The number of fused-ring (bicyclic) bond motifs is 1. The highest BCUT2D eigenvalue weighted by atomic mass is 16.5. The third-order valence-electron chi connectivity index (χ3n) is 3.09. The Morgan fingerprint density at radius 3 is 2.83 bits per heavy atom. The molecular formula is C11H17N5O2. The molecule has 0 aliphatic carbocycles. The van der Waals surface area contributed by atoms with E-state index >= 15 is 0 Å². The second-order valence-electron chi connectivity index (χ2n) is 4.84. The summed E-state index contributed by atoms with van der Waals surface area (Å²) in [6.07, 6.45) is 2.25. The quantitative estimate of drug-likeness (QED) is 0.783. The third-order valence-corrected chi connectivity index (χ3v) is 3.09. The fourth-order valence-corrected chi connectivity index (χ4v) is 1.60. The standard InChI is InChI=1S/C11H17N5O2/c1-11(2,18-4)5-6-16-7-12-9-8(10(16)17)13-14-15(9)3/h7H,5-6H2,1-4H3. The van der Waals surface area contributed by atoms with Gasteiger partial charge in [-0.3, -0.25) is 9.36 Å². The molecule has 2 aromatic rings. The summed E-state index contributed by atoms with van der Waals surface area (Å²) < 4.78 is 8.35. The molecule has 0 saturated heterocycles. The van der Waals surface area contributed by atoms with E-state index in [9.17, 15) is 4.79 Å². The molecular weight excluding hydrogens is 234 g/mol. The minimum absolute atomic E-state index is 0.167. The van der Waals surface area contributed by atoms with E-state index in [0.29, 0.717) is 17.7 Å². The van der Waals surface area contributed by atoms with Crippen LogP contribution in [0.5, 0.6) is 0 Å². The topological polar surface area (TPSA) is 74.8 Å². The van der Waals surface area contributed by atoms with Gasteiger partial charge in [0.15, 0.2) is 11.2 Å². The Kier molecular flexibility index (Phi) is 3.16. The largest absolute Gasteiger partial charge is 0.379 e. The van der Waals surface area contributed by atoms with Crippen molar-refractivity contribution in [3.63, 3.8) is 0 Å². The van der Waals surface area contributed by atoms with Crippen LogP contribution in [0.4, 0.5) is 0 Å². The Morgan fingerprint density at radius 1 is 1.44 bits per heavy atom. The van der Waals surface area contributed by atoms with Gasteiger partial charge in [-0.05, 0) is 20.3 Å².